The summed E-state index contributed by atoms with van der Waals surface area (Å²) in [6, 6.07) is 7.81. The highest BCUT2D eigenvalue weighted by molar-refractivity contribution is 5.90. The number of aliphatic carboxylic acids is 1. The second kappa shape index (κ2) is 8.42. The van der Waals surface area contributed by atoms with Crippen LogP contribution in [0.2, 0.25) is 0 Å². The summed E-state index contributed by atoms with van der Waals surface area (Å²) in [6.07, 6.45) is 1.03. The molecule has 1 aromatic rings. The summed E-state index contributed by atoms with van der Waals surface area (Å²) in [5.74, 6) is -0.882. The maximum atomic E-state index is 11.9. The number of nitrogens with zero attached hydrogens (tertiary/aromatic N) is 1. The van der Waals surface area contributed by atoms with Gasteiger partial charge in [-0.05, 0) is 51.4 Å². The number of carboxylic acid groups (broad SMARTS) is 1. The fraction of sp³-hybridized carbons (Fsp3) is 0.500. The summed E-state index contributed by atoms with van der Waals surface area (Å²) in [7, 11) is 0. The zero-order chi connectivity index (χ0) is 15.8. The van der Waals surface area contributed by atoms with E-state index in [1.54, 1.807) is 0 Å². The summed E-state index contributed by atoms with van der Waals surface area (Å²) < 4.78 is 0. The molecule has 1 aromatic carbocycles. The van der Waals surface area contributed by atoms with E-state index in [9.17, 15) is 9.59 Å². The Labute approximate surface area is 126 Å². The molecule has 5 nitrogen and oxygen atoms in total. The maximum absolute atomic E-state index is 11.9. The lowest BCUT2D eigenvalue weighted by Gasteiger charge is -2.24. The Balaban J connectivity index is 2.37. The molecule has 0 spiro atoms. The van der Waals surface area contributed by atoms with E-state index in [1.165, 1.54) is 0 Å². The quantitative estimate of drug-likeness (QED) is 0.772. The average molecular weight is 292 g/mol. The Bertz CT molecular complexity index is 486. The topological polar surface area (TPSA) is 69.6 Å². The Morgan fingerprint density at radius 1 is 1.33 bits per heavy atom. The van der Waals surface area contributed by atoms with Crippen molar-refractivity contribution in [2.45, 2.75) is 39.7 Å². The van der Waals surface area contributed by atoms with Gasteiger partial charge in [0.2, 0.25) is 5.91 Å². The molecule has 0 saturated heterocycles. The number of benzene rings is 1. The lowest BCUT2D eigenvalue weighted by atomic mass is 10.2. The first-order valence-corrected chi connectivity index (χ1v) is 7.21. The zero-order valence-corrected chi connectivity index (χ0v) is 12.9. The molecule has 1 rings (SSSR count). The molecule has 0 heterocycles. The largest absolute Gasteiger partial charge is 0.480 e. The third-order valence-electron chi connectivity index (χ3n) is 3.22. The van der Waals surface area contributed by atoms with Crippen LogP contribution in [-0.2, 0) is 9.59 Å². The minimum absolute atomic E-state index is 0.0111. The molecule has 0 unspecified atom stereocenters. The normalized spacial score (nSPS) is 10.9. The molecule has 0 aliphatic heterocycles. The molecule has 0 bridgehead atoms. The fourth-order valence-electron chi connectivity index (χ4n) is 2.08. The van der Waals surface area contributed by atoms with Gasteiger partial charge < -0.3 is 10.4 Å². The van der Waals surface area contributed by atoms with E-state index in [4.69, 9.17) is 5.11 Å². The zero-order valence-electron chi connectivity index (χ0n) is 12.9. The number of hydrogen-bond acceptors (Lipinski definition) is 3. The maximum Gasteiger partial charge on any atom is 0.317 e. The van der Waals surface area contributed by atoms with E-state index in [0.717, 1.165) is 11.3 Å². The van der Waals surface area contributed by atoms with Crippen molar-refractivity contribution in [3.05, 3.63) is 29.8 Å². The highest BCUT2D eigenvalue weighted by atomic mass is 16.4. The summed E-state index contributed by atoms with van der Waals surface area (Å²) in [6.45, 7) is 6.50. The first-order valence-electron chi connectivity index (χ1n) is 7.21. The number of carbonyl (C=O) groups excluding carboxylic acids is 1. The van der Waals surface area contributed by atoms with E-state index in [-0.39, 0.29) is 18.5 Å². The second-order valence-corrected chi connectivity index (χ2v) is 5.48. The van der Waals surface area contributed by atoms with Crippen LogP contribution in [0.1, 0.15) is 32.3 Å². The lowest BCUT2D eigenvalue weighted by Crippen LogP contribution is -2.36. The van der Waals surface area contributed by atoms with Gasteiger partial charge >= 0.3 is 5.97 Å². The molecule has 0 saturated carbocycles. The van der Waals surface area contributed by atoms with Gasteiger partial charge in [0.1, 0.15) is 0 Å². The van der Waals surface area contributed by atoms with Gasteiger partial charge in [-0.3, -0.25) is 14.5 Å². The van der Waals surface area contributed by atoms with Crippen molar-refractivity contribution in [2.24, 2.45) is 0 Å². The Morgan fingerprint density at radius 3 is 2.62 bits per heavy atom. The number of anilines is 1. The third kappa shape index (κ3) is 6.90. The van der Waals surface area contributed by atoms with E-state index in [2.05, 4.69) is 5.32 Å². The van der Waals surface area contributed by atoms with Crippen LogP contribution in [-0.4, -0.2) is 41.0 Å². The smallest absolute Gasteiger partial charge is 0.317 e. The monoisotopic (exact) mass is 292 g/mol. The van der Waals surface area contributed by atoms with Crippen molar-refractivity contribution in [3.8, 4) is 0 Å². The van der Waals surface area contributed by atoms with Crippen LogP contribution < -0.4 is 5.32 Å². The van der Waals surface area contributed by atoms with Crippen LogP contribution in [0.4, 0.5) is 5.69 Å². The summed E-state index contributed by atoms with van der Waals surface area (Å²) in [5, 5.41) is 11.7. The van der Waals surface area contributed by atoms with Crippen molar-refractivity contribution in [2.75, 3.05) is 18.4 Å². The number of carbonyl (C=O) groups is 2. The molecule has 21 heavy (non-hydrogen) atoms. The molecule has 0 aromatic heterocycles. The van der Waals surface area contributed by atoms with Gasteiger partial charge in [-0.25, -0.2) is 0 Å². The molecule has 1 amide bonds. The molecule has 0 fully saturated rings. The van der Waals surface area contributed by atoms with Gasteiger partial charge in [0.25, 0.3) is 0 Å². The molecule has 0 aliphatic rings. The molecular weight excluding hydrogens is 268 g/mol. The summed E-state index contributed by atoms with van der Waals surface area (Å²) >= 11 is 0. The Kier molecular flexibility index (Phi) is 6.88. The van der Waals surface area contributed by atoms with E-state index in [0.29, 0.717) is 19.4 Å². The van der Waals surface area contributed by atoms with Crippen molar-refractivity contribution in [1.82, 2.24) is 4.90 Å². The van der Waals surface area contributed by atoms with Crippen molar-refractivity contribution >= 4 is 17.6 Å². The van der Waals surface area contributed by atoms with E-state index < -0.39 is 5.97 Å². The van der Waals surface area contributed by atoms with E-state index in [1.807, 2.05) is 49.9 Å². The second-order valence-electron chi connectivity index (χ2n) is 5.48. The average Bonchev–Trinajstić information content (AvgIpc) is 2.36. The SMILES string of the molecule is Cc1cccc(NC(=O)CCCN(CC(=O)O)C(C)C)c1. The van der Waals surface area contributed by atoms with Gasteiger partial charge in [0, 0.05) is 18.2 Å². The molecule has 5 heteroatoms. The van der Waals surface area contributed by atoms with Gasteiger partial charge in [-0.2, -0.15) is 0 Å². The fourth-order valence-corrected chi connectivity index (χ4v) is 2.08. The van der Waals surface area contributed by atoms with Crippen molar-refractivity contribution in [3.63, 3.8) is 0 Å². The Morgan fingerprint density at radius 2 is 2.05 bits per heavy atom. The Hall–Kier alpha value is -1.88. The van der Waals surface area contributed by atoms with Crippen molar-refractivity contribution < 1.29 is 14.7 Å². The molecule has 0 aliphatic carbocycles. The predicted molar refractivity (Wildman–Crippen MR) is 83.4 cm³/mol. The summed E-state index contributed by atoms with van der Waals surface area (Å²) in [4.78, 5) is 24.5. The van der Waals surface area contributed by atoms with Crippen LogP contribution in [0.25, 0.3) is 0 Å². The van der Waals surface area contributed by atoms with E-state index >= 15 is 0 Å². The van der Waals surface area contributed by atoms with Crippen molar-refractivity contribution in [1.29, 1.82) is 0 Å². The minimum Gasteiger partial charge on any atom is -0.480 e. The van der Waals surface area contributed by atoms with Crippen LogP contribution >= 0.6 is 0 Å². The number of amides is 1. The molecule has 0 radical (unpaired) electrons. The van der Waals surface area contributed by atoms with Gasteiger partial charge in [-0.1, -0.05) is 12.1 Å². The summed E-state index contributed by atoms with van der Waals surface area (Å²) in [5.41, 5.74) is 1.89. The highest BCUT2D eigenvalue weighted by Gasteiger charge is 2.13. The molecule has 116 valence electrons. The number of hydrogen-bond donors (Lipinski definition) is 2. The molecule has 0 atom stereocenters. The predicted octanol–water partition coefficient (Wildman–Crippen LogP) is 2.51. The molecule has 2 N–H and O–H groups in total. The van der Waals surface area contributed by atoms with Crippen LogP contribution in [0.15, 0.2) is 24.3 Å². The highest BCUT2D eigenvalue weighted by Crippen LogP contribution is 2.10. The van der Waals surface area contributed by atoms with Crippen LogP contribution in [0, 0.1) is 6.92 Å². The van der Waals surface area contributed by atoms with Crippen LogP contribution in [0.5, 0.6) is 0 Å². The van der Waals surface area contributed by atoms with Crippen LogP contribution in [0.3, 0.4) is 0 Å². The van der Waals surface area contributed by atoms with Gasteiger partial charge in [-0.15, -0.1) is 0 Å². The first kappa shape index (κ1) is 17.2. The number of rotatable bonds is 8. The number of carboxylic acids is 1. The molecular formula is C16H24N2O3. The minimum atomic E-state index is -0.840. The number of nitrogens with one attached hydrogen (secondary N) is 1. The third-order valence-corrected chi connectivity index (χ3v) is 3.22. The van der Waals surface area contributed by atoms with Gasteiger partial charge in [0.15, 0.2) is 0 Å². The van der Waals surface area contributed by atoms with Gasteiger partial charge in [0.05, 0.1) is 6.54 Å². The first-order chi connectivity index (χ1) is 9.88. The standard InChI is InChI=1S/C16H24N2O3/c1-12(2)18(11-16(20)21)9-5-8-15(19)17-14-7-4-6-13(3)10-14/h4,6-7,10,12H,5,8-9,11H2,1-3H3,(H,17,19)(H,20,21). The number of aryl methyl sites for hydroxylation is 1. The lowest BCUT2D eigenvalue weighted by molar-refractivity contribution is -0.138.